The molecule has 0 saturated heterocycles. The number of hydrogen-bond donors (Lipinski definition) is 1. The maximum atomic E-state index is 12.8. The fraction of sp³-hybridized carbons (Fsp3) is 0.764. The Hall–Kier alpha value is -2.97. The van der Waals surface area contributed by atoms with E-state index in [9.17, 15) is 19.5 Å². The summed E-state index contributed by atoms with van der Waals surface area (Å²) in [6.45, 7) is 4.61. The molecule has 0 spiro atoms. The Morgan fingerprint density at radius 1 is 0.492 bits per heavy atom. The van der Waals surface area contributed by atoms with Gasteiger partial charge >= 0.3 is 17.9 Å². The van der Waals surface area contributed by atoms with E-state index in [4.69, 9.17) is 14.2 Å². The Bertz CT molecular complexity index is 1210. The van der Waals surface area contributed by atoms with E-state index in [1.807, 2.05) is 21.1 Å². The largest absolute Gasteiger partial charge is 0.477 e. The van der Waals surface area contributed by atoms with Crippen molar-refractivity contribution in [1.82, 2.24) is 0 Å². The summed E-state index contributed by atoms with van der Waals surface area (Å²) >= 11 is 0. The number of allylic oxidation sites excluding steroid dienone is 10. The van der Waals surface area contributed by atoms with Crippen molar-refractivity contribution >= 4 is 17.9 Å². The number of carbonyl (C=O) groups is 3. The van der Waals surface area contributed by atoms with Gasteiger partial charge in [-0.2, -0.15) is 0 Å². The Labute approximate surface area is 388 Å². The third kappa shape index (κ3) is 44.0. The number of nitrogens with zero attached hydrogens (tertiary/aromatic N) is 1. The van der Waals surface area contributed by atoms with Crippen LogP contribution < -0.4 is 0 Å². The second-order valence-corrected chi connectivity index (χ2v) is 18.4. The minimum Gasteiger partial charge on any atom is -0.477 e. The van der Waals surface area contributed by atoms with Crippen LogP contribution in [-0.4, -0.2) is 80.6 Å². The molecular weight excluding hydrogens is 787 g/mol. The van der Waals surface area contributed by atoms with Crippen LogP contribution in [0.2, 0.25) is 0 Å². The lowest BCUT2D eigenvalue weighted by molar-refractivity contribution is -0.887. The molecule has 0 saturated carbocycles. The monoisotopic (exact) mass is 885 g/mol. The van der Waals surface area contributed by atoms with Crippen LogP contribution in [0.3, 0.4) is 0 Å². The number of rotatable bonds is 46. The average Bonchev–Trinajstić information content (AvgIpc) is 3.24. The minimum absolute atomic E-state index is 0.0506. The Morgan fingerprint density at radius 2 is 0.889 bits per heavy atom. The molecule has 0 aromatic heterocycles. The predicted molar refractivity (Wildman–Crippen MR) is 266 cm³/mol. The van der Waals surface area contributed by atoms with Crippen molar-refractivity contribution in [3.05, 3.63) is 60.8 Å². The summed E-state index contributed by atoms with van der Waals surface area (Å²) in [6.07, 6.45) is 57.0. The summed E-state index contributed by atoms with van der Waals surface area (Å²) in [4.78, 5) is 37.2. The number of ether oxygens (including phenoxy) is 3. The number of esters is 2. The van der Waals surface area contributed by atoms with Gasteiger partial charge in [0, 0.05) is 19.3 Å². The van der Waals surface area contributed by atoms with E-state index in [0.717, 1.165) is 77.0 Å². The third-order valence-corrected chi connectivity index (χ3v) is 11.4. The maximum Gasteiger partial charge on any atom is 0.362 e. The highest BCUT2D eigenvalue weighted by atomic mass is 16.6. The first kappa shape index (κ1) is 60.0. The van der Waals surface area contributed by atoms with Crippen molar-refractivity contribution in [1.29, 1.82) is 0 Å². The van der Waals surface area contributed by atoms with Crippen LogP contribution in [0.4, 0.5) is 0 Å². The molecule has 0 aromatic rings. The summed E-state index contributed by atoms with van der Waals surface area (Å²) < 4.78 is 17.3. The standard InChI is InChI=1S/C55H97NO7/c1-6-8-10-12-14-16-18-20-22-24-26-28-30-32-34-36-38-40-42-44-46-54(58)63-51(49-61-48-47-52(55(59)60)56(3,4)5)50-62-53(57)45-43-41-39-37-35-33-31-29-27-25-23-21-19-17-15-13-11-9-7-2/h9,11,15,17,21,23,27,29,33,35,51-52H,6-8,10,12-14,16,18-20,22,24-26,28,30-32,34,36-50H2,1-5H3/p+1/b11-9+,17-15+,23-21+,29-27+,35-33+. The van der Waals surface area contributed by atoms with E-state index in [2.05, 4.69) is 74.6 Å². The van der Waals surface area contributed by atoms with Crippen LogP contribution in [0.25, 0.3) is 0 Å². The number of quaternary nitrogens is 1. The molecule has 0 aromatic carbocycles. The molecule has 0 amide bonds. The maximum absolute atomic E-state index is 12.8. The molecule has 0 heterocycles. The number of carbonyl (C=O) groups excluding carboxylic acids is 2. The number of aliphatic carboxylic acids is 1. The minimum atomic E-state index is -0.879. The molecule has 8 heteroatoms. The van der Waals surface area contributed by atoms with Gasteiger partial charge in [-0.25, -0.2) is 4.79 Å². The molecule has 63 heavy (non-hydrogen) atoms. The number of unbranched alkanes of at least 4 members (excludes halogenated alkanes) is 22. The number of likely N-dealkylation sites (N-methyl/N-ethyl adjacent to an activating group) is 1. The van der Waals surface area contributed by atoms with Crippen LogP contribution >= 0.6 is 0 Å². The number of carboxylic acids is 1. The van der Waals surface area contributed by atoms with Gasteiger partial charge in [0.05, 0.1) is 34.4 Å². The Kier molecular flexibility index (Phi) is 43.4. The topological polar surface area (TPSA) is 99.1 Å². The highest BCUT2D eigenvalue weighted by Gasteiger charge is 2.31. The first-order valence-corrected chi connectivity index (χ1v) is 25.8. The fourth-order valence-corrected chi connectivity index (χ4v) is 7.47. The molecule has 1 N–H and O–H groups in total. The normalized spacial score (nSPS) is 13.3. The smallest absolute Gasteiger partial charge is 0.362 e. The van der Waals surface area contributed by atoms with Gasteiger partial charge in [-0.1, -0.05) is 203 Å². The van der Waals surface area contributed by atoms with Crippen molar-refractivity contribution in [3.8, 4) is 0 Å². The fourth-order valence-electron chi connectivity index (χ4n) is 7.47. The van der Waals surface area contributed by atoms with E-state index in [0.29, 0.717) is 19.3 Å². The third-order valence-electron chi connectivity index (χ3n) is 11.4. The average molecular weight is 885 g/mol. The molecule has 0 rings (SSSR count). The molecule has 8 nitrogen and oxygen atoms in total. The molecule has 2 atom stereocenters. The summed E-state index contributed by atoms with van der Waals surface area (Å²) in [5, 5.41) is 9.65. The van der Waals surface area contributed by atoms with Gasteiger partial charge in [-0.15, -0.1) is 0 Å². The first-order chi connectivity index (χ1) is 30.6. The lowest BCUT2D eigenvalue weighted by Gasteiger charge is -2.31. The first-order valence-electron chi connectivity index (χ1n) is 25.8. The summed E-state index contributed by atoms with van der Waals surface area (Å²) in [7, 11) is 5.53. The zero-order valence-electron chi connectivity index (χ0n) is 41.5. The van der Waals surface area contributed by atoms with Crippen LogP contribution in [0.1, 0.15) is 219 Å². The van der Waals surface area contributed by atoms with Crippen molar-refractivity contribution in [2.45, 2.75) is 231 Å². The van der Waals surface area contributed by atoms with E-state index >= 15 is 0 Å². The highest BCUT2D eigenvalue weighted by Crippen LogP contribution is 2.16. The summed E-state index contributed by atoms with van der Waals surface area (Å²) in [5.74, 6) is -1.50. The SMILES string of the molecule is CC/C=C/C/C=C/C/C=C/C/C=C/C/C=C/CCCCCC(=O)OCC(COCCC(C(=O)O)[N+](C)(C)C)OC(=O)CCCCCCCCCCCCCCCCCCCCCC. The van der Waals surface area contributed by atoms with Crippen molar-refractivity contribution in [3.63, 3.8) is 0 Å². The van der Waals surface area contributed by atoms with Gasteiger partial charge in [-0.05, 0) is 57.8 Å². The van der Waals surface area contributed by atoms with Gasteiger partial charge in [0.15, 0.2) is 12.1 Å². The zero-order valence-corrected chi connectivity index (χ0v) is 41.5. The molecule has 0 aliphatic rings. The van der Waals surface area contributed by atoms with Crippen LogP contribution in [0.15, 0.2) is 60.8 Å². The van der Waals surface area contributed by atoms with Crippen molar-refractivity contribution in [2.24, 2.45) is 0 Å². The Balaban J connectivity index is 4.29. The Morgan fingerprint density at radius 3 is 1.32 bits per heavy atom. The molecule has 0 aliphatic carbocycles. The molecular formula is C55H98NO7+. The van der Waals surface area contributed by atoms with E-state index in [-0.39, 0.29) is 36.2 Å². The summed E-state index contributed by atoms with van der Waals surface area (Å²) in [6, 6.07) is -0.621. The molecule has 364 valence electrons. The number of hydrogen-bond acceptors (Lipinski definition) is 6. The lowest BCUT2D eigenvalue weighted by Crippen LogP contribution is -2.50. The molecule has 0 radical (unpaired) electrons. The predicted octanol–water partition coefficient (Wildman–Crippen LogP) is 14.9. The van der Waals surface area contributed by atoms with Gasteiger partial charge in [0.2, 0.25) is 0 Å². The quantitative estimate of drug-likeness (QED) is 0.0281. The van der Waals surface area contributed by atoms with Gasteiger partial charge in [-0.3, -0.25) is 9.59 Å². The molecule has 2 unspecified atom stereocenters. The van der Waals surface area contributed by atoms with Crippen LogP contribution in [0, 0.1) is 0 Å². The molecule has 0 aliphatic heterocycles. The number of carboxylic acid groups (broad SMARTS) is 1. The van der Waals surface area contributed by atoms with Crippen LogP contribution in [-0.2, 0) is 28.6 Å². The second-order valence-electron chi connectivity index (χ2n) is 18.4. The second kappa shape index (κ2) is 45.6. The van der Waals surface area contributed by atoms with Gasteiger partial charge in [0.1, 0.15) is 6.61 Å². The van der Waals surface area contributed by atoms with Gasteiger partial charge in [0.25, 0.3) is 0 Å². The van der Waals surface area contributed by atoms with Gasteiger partial charge < -0.3 is 23.8 Å². The highest BCUT2D eigenvalue weighted by molar-refractivity contribution is 5.72. The van der Waals surface area contributed by atoms with Crippen LogP contribution in [0.5, 0.6) is 0 Å². The zero-order chi connectivity index (χ0) is 46.3. The van der Waals surface area contributed by atoms with E-state index in [1.165, 1.54) is 109 Å². The van der Waals surface area contributed by atoms with Crippen molar-refractivity contribution < 1.29 is 38.2 Å². The van der Waals surface area contributed by atoms with E-state index in [1.54, 1.807) is 0 Å². The summed E-state index contributed by atoms with van der Waals surface area (Å²) in [5.41, 5.74) is 0. The van der Waals surface area contributed by atoms with Crippen molar-refractivity contribution in [2.75, 3.05) is 41.0 Å². The molecule has 0 fully saturated rings. The lowest BCUT2D eigenvalue weighted by atomic mass is 10.0. The molecule has 0 bridgehead atoms. The van der Waals surface area contributed by atoms with E-state index < -0.39 is 18.1 Å².